The zero-order valence-corrected chi connectivity index (χ0v) is 13.0. The number of amides is 2. The van der Waals surface area contributed by atoms with Crippen LogP contribution in [-0.4, -0.2) is 55.7 Å². The average Bonchev–Trinajstić information content (AvgIpc) is 2.53. The van der Waals surface area contributed by atoms with E-state index in [-0.39, 0.29) is 24.5 Å². The third-order valence-electron chi connectivity index (χ3n) is 3.43. The zero-order chi connectivity index (χ0) is 15.9. The molecule has 0 bridgehead atoms. The van der Waals surface area contributed by atoms with E-state index in [1.54, 1.807) is 23.1 Å². The number of rotatable bonds is 5. The van der Waals surface area contributed by atoms with Crippen LogP contribution in [0.25, 0.3) is 0 Å². The molecule has 1 saturated heterocycles. The molecule has 0 aliphatic carbocycles. The Balaban J connectivity index is 1.91. The number of morpholine rings is 1. The van der Waals surface area contributed by atoms with Crippen molar-refractivity contribution in [2.24, 2.45) is 0 Å². The van der Waals surface area contributed by atoms with Crippen molar-refractivity contribution in [3.63, 3.8) is 0 Å². The first kappa shape index (κ1) is 16.3. The van der Waals surface area contributed by atoms with Gasteiger partial charge in [0.1, 0.15) is 5.75 Å². The molecule has 1 aromatic rings. The van der Waals surface area contributed by atoms with E-state index in [0.29, 0.717) is 37.6 Å². The van der Waals surface area contributed by atoms with Crippen molar-refractivity contribution < 1.29 is 19.1 Å². The molecule has 1 fully saturated rings. The second kappa shape index (κ2) is 7.79. The van der Waals surface area contributed by atoms with Crippen LogP contribution in [0.15, 0.2) is 24.3 Å². The molecule has 1 N–H and O–H groups in total. The van der Waals surface area contributed by atoms with Crippen LogP contribution < -0.4 is 10.1 Å². The first-order valence-corrected chi connectivity index (χ1v) is 7.51. The quantitative estimate of drug-likeness (QED) is 0.883. The summed E-state index contributed by atoms with van der Waals surface area (Å²) in [4.78, 5) is 26.0. The second-order valence-electron chi connectivity index (χ2n) is 5.13. The molecule has 1 atom stereocenters. The Morgan fingerprint density at radius 1 is 1.41 bits per heavy atom. The molecule has 0 radical (unpaired) electrons. The summed E-state index contributed by atoms with van der Waals surface area (Å²) in [5.74, 6) is 0.117. The summed E-state index contributed by atoms with van der Waals surface area (Å²) in [6.07, 6.45) is 0.0343. The molecule has 22 heavy (non-hydrogen) atoms. The highest BCUT2D eigenvalue weighted by atomic mass is 16.5. The van der Waals surface area contributed by atoms with E-state index >= 15 is 0 Å². The maximum atomic E-state index is 12.2. The third-order valence-corrected chi connectivity index (χ3v) is 3.43. The number of hydrogen-bond donors (Lipinski definition) is 1. The van der Waals surface area contributed by atoms with Crippen LogP contribution in [0.5, 0.6) is 5.75 Å². The maximum absolute atomic E-state index is 12.2. The molecule has 2 amide bonds. The molecule has 1 aliphatic heterocycles. The SMILES string of the molecule is CCOc1ccccc1C(=O)NCC(=O)N1CCOC(C)C1. The smallest absolute Gasteiger partial charge is 0.255 e. The number of benzene rings is 1. The molecule has 6 heteroatoms. The minimum atomic E-state index is -0.307. The Hall–Kier alpha value is -2.08. The predicted molar refractivity (Wildman–Crippen MR) is 81.9 cm³/mol. The average molecular weight is 306 g/mol. The lowest BCUT2D eigenvalue weighted by Gasteiger charge is -2.31. The molecule has 6 nitrogen and oxygen atoms in total. The number of carbonyl (C=O) groups excluding carboxylic acids is 2. The Labute approximate surface area is 130 Å². The number of nitrogens with zero attached hydrogens (tertiary/aromatic N) is 1. The van der Waals surface area contributed by atoms with Crippen LogP contribution in [0.2, 0.25) is 0 Å². The largest absolute Gasteiger partial charge is 0.493 e. The van der Waals surface area contributed by atoms with Gasteiger partial charge in [0.25, 0.3) is 5.91 Å². The number of nitrogens with one attached hydrogen (secondary N) is 1. The van der Waals surface area contributed by atoms with Gasteiger partial charge >= 0.3 is 0 Å². The Morgan fingerprint density at radius 2 is 2.18 bits per heavy atom. The van der Waals surface area contributed by atoms with Crippen LogP contribution in [-0.2, 0) is 9.53 Å². The zero-order valence-electron chi connectivity index (χ0n) is 13.0. The van der Waals surface area contributed by atoms with Crippen molar-refractivity contribution in [3.8, 4) is 5.75 Å². The van der Waals surface area contributed by atoms with Gasteiger partial charge < -0.3 is 19.7 Å². The summed E-state index contributed by atoms with van der Waals surface area (Å²) in [5.41, 5.74) is 0.437. The highest BCUT2D eigenvalue weighted by Crippen LogP contribution is 2.17. The molecule has 0 aromatic heterocycles. The van der Waals surface area contributed by atoms with Crippen molar-refractivity contribution in [2.45, 2.75) is 20.0 Å². The van der Waals surface area contributed by atoms with Gasteiger partial charge in [-0.25, -0.2) is 0 Å². The lowest BCUT2D eigenvalue weighted by atomic mass is 10.2. The number of para-hydroxylation sites is 1. The predicted octanol–water partition coefficient (Wildman–Crippen LogP) is 1.06. The molecule has 120 valence electrons. The molecule has 0 spiro atoms. The first-order chi connectivity index (χ1) is 10.6. The summed E-state index contributed by atoms with van der Waals surface area (Å²) in [6, 6.07) is 7.00. The standard InChI is InChI=1S/C16H22N2O4/c1-3-21-14-7-5-4-6-13(14)16(20)17-10-15(19)18-8-9-22-12(2)11-18/h4-7,12H,3,8-11H2,1-2H3,(H,17,20). The van der Waals surface area contributed by atoms with Gasteiger partial charge in [-0.15, -0.1) is 0 Å². The molecule has 1 aromatic carbocycles. The summed E-state index contributed by atoms with van der Waals surface area (Å²) in [6.45, 7) is 5.90. The van der Waals surface area contributed by atoms with Crippen molar-refractivity contribution in [1.82, 2.24) is 10.2 Å². The van der Waals surface area contributed by atoms with Gasteiger partial charge in [0.15, 0.2) is 0 Å². The fraction of sp³-hybridized carbons (Fsp3) is 0.500. The molecule has 2 rings (SSSR count). The lowest BCUT2D eigenvalue weighted by molar-refractivity contribution is -0.137. The first-order valence-electron chi connectivity index (χ1n) is 7.51. The molecule has 1 aliphatic rings. The molecular formula is C16H22N2O4. The van der Waals surface area contributed by atoms with E-state index in [4.69, 9.17) is 9.47 Å². The normalized spacial score (nSPS) is 17.9. The number of hydrogen-bond acceptors (Lipinski definition) is 4. The van der Waals surface area contributed by atoms with Gasteiger partial charge in [0.05, 0.1) is 31.4 Å². The van der Waals surface area contributed by atoms with E-state index in [0.717, 1.165) is 0 Å². The second-order valence-corrected chi connectivity index (χ2v) is 5.13. The number of ether oxygens (including phenoxy) is 2. The van der Waals surface area contributed by atoms with Crippen molar-refractivity contribution in [2.75, 3.05) is 32.8 Å². The lowest BCUT2D eigenvalue weighted by Crippen LogP contribution is -2.48. The monoisotopic (exact) mass is 306 g/mol. The van der Waals surface area contributed by atoms with Gasteiger partial charge in [-0.2, -0.15) is 0 Å². The molecular weight excluding hydrogens is 284 g/mol. The Bertz CT molecular complexity index is 533. The van der Waals surface area contributed by atoms with Crippen molar-refractivity contribution >= 4 is 11.8 Å². The van der Waals surface area contributed by atoms with Gasteiger partial charge in [-0.05, 0) is 26.0 Å². The van der Waals surface area contributed by atoms with E-state index in [9.17, 15) is 9.59 Å². The van der Waals surface area contributed by atoms with E-state index in [1.165, 1.54) is 0 Å². The van der Waals surface area contributed by atoms with Crippen LogP contribution in [0.3, 0.4) is 0 Å². The summed E-state index contributed by atoms with van der Waals surface area (Å²) < 4.78 is 10.8. The fourth-order valence-electron chi connectivity index (χ4n) is 2.34. The van der Waals surface area contributed by atoms with Gasteiger partial charge in [0, 0.05) is 13.1 Å². The highest BCUT2D eigenvalue weighted by molar-refractivity contribution is 5.98. The van der Waals surface area contributed by atoms with Gasteiger partial charge in [0.2, 0.25) is 5.91 Å². The fourth-order valence-corrected chi connectivity index (χ4v) is 2.34. The van der Waals surface area contributed by atoms with E-state index in [2.05, 4.69) is 5.32 Å². The number of carbonyl (C=O) groups is 2. The van der Waals surface area contributed by atoms with E-state index < -0.39 is 0 Å². The topological polar surface area (TPSA) is 67.9 Å². The van der Waals surface area contributed by atoms with Crippen molar-refractivity contribution in [3.05, 3.63) is 29.8 Å². The van der Waals surface area contributed by atoms with Gasteiger partial charge in [-0.1, -0.05) is 12.1 Å². The summed E-state index contributed by atoms with van der Waals surface area (Å²) in [5, 5.41) is 2.66. The Morgan fingerprint density at radius 3 is 2.91 bits per heavy atom. The van der Waals surface area contributed by atoms with Crippen LogP contribution in [0, 0.1) is 0 Å². The maximum Gasteiger partial charge on any atom is 0.255 e. The molecule has 1 unspecified atom stereocenters. The minimum Gasteiger partial charge on any atom is -0.493 e. The molecule has 1 heterocycles. The van der Waals surface area contributed by atoms with Crippen LogP contribution >= 0.6 is 0 Å². The molecule has 0 saturated carbocycles. The van der Waals surface area contributed by atoms with Gasteiger partial charge in [-0.3, -0.25) is 9.59 Å². The highest BCUT2D eigenvalue weighted by Gasteiger charge is 2.22. The summed E-state index contributed by atoms with van der Waals surface area (Å²) >= 11 is 0. The third kappa shape index (κ3) is 4.21. The minimum absolute atomic E-state index is 0.0218. The van der Waals surface area contributed by atoms with Crippen molar-refractivity contribution in [1.29, 1.82) is 0 Å². The van der Waals surface area contributed by atoms with Crippen LogP contribution in [0.1, 0.15) is 24.2 Å². The van der Waals surface area contributed by atoms with Crippen LogP contribution in [0.4, 0.5) is 0 Å². The Kier molecular flexibility index (Phi) is 5.77. The summed E-state index contributed by atoms with van der Waals surface area (Å²) in [7, 11) is 0. The van der Waals surface area contributed by atoms with E-state index in [1.807, 2.05) is 19.9 Å².